The predicted octanol–water partition coefficient (Wildman–Crippen LogP) is 3.26. The van der Waals surface area contributed by atoms with Gasteiger partial charge in [0.25, 0.3) is 0 Å². The Bertz CT molecular complexity index is 879. The Morgan fingerprint density at radius 2 is 2.08 bits per heavy atom. The molecule has 0 unspecified atom stereocenters. The highest BCUT2D eigenvalue weighted by Gasteiger charge is 2.06. The van der Waals surface area contributed by atoms with E-state index in [4.69, 9.17) is 0 Å². The van der Waals surface area contributed by atoms with Gasteiger partial charge in [0.2, 0.25) is 0 Å². The van der Waals surface area contributed by atoms with Crippen LogP contribution in [0.3, 0.4) is 0 Å². The van der Waals surface area contributed by atoms with E-state index >= 15 is 0 Å². The number of hydrogen-bond acceptors (Lipinski definition) is 4. The molecule has 0 radical (unpaired) electrons. The second kappa shape index (κ2) is 8.80. The molecule has 26 heavy (non-hydrogen) atoms. The average Bonchev–Trinajstić information content (AvgIpc) is 3.19. The third-order valence-electron chi connectivity index (χ3n) is 4.27. The van der Waals surface area contributed by atoms with Gasteiger partial charge in [-0.15, -0.1) is 11.3 Å². The highest BCUT2D eigenvalue weighted by molar-refractivity contribution is 7.09. The van der Waals surface area contributed by atoms with Crippen LogP contribution in [0.2, 0.25) is 0 Å². The minimum atomic E-state index is 0.664. The first-order valence-electron chi connectivity index (χ1n) is 9.02. The Hall–Kier alpha value is -2.41. The fraction of sp³-hybridized carbons (Fsp3) is 0.421. The van der Waals surface area contributed by atoms with Crippen molar-refractivity contribution < 1.29 is 0 Å². The molecular formula is C19H26N6S. The molecule has 3 aromatic rings. The number of nitrogens with zero attached hydrogens (tertiary/aromatic N) is 4. The summed E-state index contributed by atoms with van der Waals surface area (Å²) in [4.78, 5) is 14.8. The predicted molar refractivity (Wildman–Crippen MR) is 109 cm³/mol. The van der Waals surface area contributed by atoms with Crippen molar-refractivity contribution in [2.24, 2.45) is 4.99 Å². The number of rotatable bonds is 7. The number of imidazole rings is 1. The summed E-state index contributed by atoms with van der Waals surface area (Å²) in [5.41, 5.74) is 5.20. The van der Waals surface area contributed by atoms with Crippen LogP contribution >= 0.6 is 11.3 Å². The molecule has 3 rings (SSSR count). The smallest absolute Gasteiger partial charge is 0.191 e. The van der Waals surface area contributed by atoms with Gasteiger partial charge in [-0.1, -0.05) is 12.1 Å². The van der Waals surface area contributed by atoms with Crippen molar-refractivity contribution in [1.29, 1.82) is 0 Å². The summed E-state index contributed by atoms with van der Waals surface area (Å²) in [6, 6.07) is 8.29. The molecule has 7 heteroatoms. The monoisotopic (exact) mass is 370 g/mol. The van der Waals surface area contributed by atoms with Gasteiger partial charge < -0.3 is 15.2 Å². The van der Waals surface area contributed by atoms with Crippen LogP contribution < -0.4 is 10.6 Å². The zero-order valence-electron chi connectivity index (χ0n) is 15.6. The van der Waals surface area contributed by atoms with Crippen molar-refractivity contribution in [2.75, 3.05) is 13.1 Å². The normalized spacial score (nSPS) is 11.9. The lowest BCUT2D eigenvalue weighted by Crippen LogP contribution is -2.38. The van der Waals surface area contributed by atoms with Crippen molar-refractivity contribution in [3.05, 3.63) is 46.2 Å². The lowest BCUT2D eigenvalue weighted by molar-refractivity contribution is 0.624. The zero-order valence-corrected chi connectivity index (χ0v) is 16.4. The summed E-state index contributed by atoms with van der Waals surface area (Å²) in [6.07, 6.45) is 1.01. The highest BCUT2D eigenvalue weighted by atomic mass is 32.1. The van der Waals surface area contributed by atoms with E-state index < -0.39 is 0 Å². The second-order valence-electron chi connectivity index (χ2n) is 6.14. The number of hydrogen-bond donors (Lipinski definition) is 2. The second-order valence-corrected chi connectivity index (χ2v) is 7.08. The number of fused-ring (bicyclic) bond motifs is 1. The van der Waals surface area contributed by atoms with Gasteiger partial charge >= 0.3 is 0 Å². The number of aromatic nitrogens is 3. The highest BCUT2D eigenvalue weighted by Crippen LogP contribution is 2.15. The van der Waals surface area contributed by atoms with E-state index in [1.54, 1.807) is 11.3 Å². The third kappa shape index (κ3) is 4.40. The van der Waals surface area contributed by atoms with Crippen molar-refractivity contribution >= 4 is 28.3 Å². The fourth-order valence-corrected chi connectivity index (χ4v) is 3.59. The minimum absolute atomic E-state index is 0.664. The standard InChI is InChI=1S/C19H26N6S/c1-4-20-19(22-12-18-14(2)23-13-26-18)21-10-7-11-25-15(3)24-16-8-5-6-9-17(16)25/h5-6,8-9,13H,4,7,10-12H2,1-3H3,(H2,20,21,22). The van der Waals surface area contributed by atoms with Gasteiger partial charge in [-0.3, -0.25) is 0 Å². The summed E-state index contributed by atoms with van der Waals surface area (Å²) >= 11 is 1.65. The Balaban J connectivity index is 1.54. The summed E-state index contributed by atoms with van der Waals surface area (Å²) in [5.74, 6) is 1.92. The molecule has 0 spiro atoms. The number of guanidine groups is 1. The van der Waals surface area contributed by atoms with E-state index in [-0.39, 0.29) is 0 Å². The number of thiazole rings is 1. The molecular weight excluding hydrogens is 344 g/mol. The molecule has 0 aliphatic carbocycles. The van der Waals surface area contributed by atoms with Crippen LogP contribution in [0.25, 0.3) is 11.0 Å². The van der Waals surface area contributed by atoms with Crippen molar-refractivity contribution in [3.8, 4) is 0 Å². The molecule has 0 bridgehead atoms. The van der Waals surface area contributed by atoms with Crippen LogP contribution in [0.1, 0.15) is 29.7 Å². The number of para-hydroxylation sites is 2. The molecule has 0 fully saturated rings. The molecule has 0 amide bonds. The Morgan fingerprint density at radius 1 is 1.23 bits per heavy atom. The van der Waals surface area contributed by atoms with E-state index in [1.807, 2.05) is 18.5 Å². The van der Waals surface area contributed by atoms with Gasteiger partial charge in [0.1, 0.15) is 5.82 Å². The van der Waals surface area contributed by atoms with Crippen molar-refractivity contribution in [3.63, 3.8) is 0 Å². The summed E-state index contributed by atoms with van der Waals surface area (Å²) < 4.78 is 2.28. The largest absolute Gasteiger partial charge is 0.357 e. The topological polar surface area (TPSA) is 67.1 Å². The first-order valence-corrected chi connectivity index (χ1v) is 9.90. The maximum atomic E-state index is 4.66. The summed E-state index contributed by atoms with van der Waals surface area (Å²) in [6.45, 7) is 9.48. The maximum Gasteiger partial charge on any atom is 0.191 e. The van der Waals surface area contributed by atoms with Gasteiger partial charge in [-0.25, -0.2) is 15.0 Å². The molecule has 0 aliphatic heterocycles. The molecule has 2 heterocycles. The van der Waals surface area contributed by atoms with Crippen LogP contribution in [0, 0.1) is 13.8 Å². The molecule has 2 N–H and O–H groups in total. The maximum absolute atomic E-state index is 4.66. The van der Waals surface area contributed by atoms with Crippen LogP contribution in [0.15, 0.2) is 34.8 Å². The first kappa shape index (κ1) is 18.4. The van der Waals surface area contributed by atoms with Gasteiger partial charge in [0.15, 0.2) is 5.96 Å². The zero-order chi connectivity index (χ0) is 18.4. The van der Waals surface area contributed by atoms with Crippen LogP contribution in [-0.2, 0) is 13.1 Å². The quantitative estimate of drug-likeness (QED) is 0.381. The van der Waals surface area contributed by atoms with Gasteiger partial charge in [0, 0.05) is 24.5 Å². The van der Waals surface area contributed by atoms with E-state index in [2.05, 4.69) is 62.2 Å². The lowest BCUT2D eigenvalue weighted by atomic mass is 10.3. The Labute approximate surface area is 158 Å². The van der Waals surface area contributed by atoms with E-state index in [0.29, 0.717) is 6.54 Å². The minimum Gasteiger partial charge on any atom is -0.357 e. The van der Waals surface area contributed by atoms with E-state index in [1.165, 1.54) is 10.4 Å². The molecule has 0 aliphatic rings. The first-order chi connectivity index (χ1) is 12.7. The summed E-state index contributed by atoms with van der Waals surface area (Å²) in [7, 11) is 0. The number of aryl methyl sites for hydroxylation is 3. The molecule has 1 aromatic carbocycles. The van der Waals surface area contributed by atoms with Crippen LogP contribution in [-0.4, -0.2) is 33.6 Å². The Morgan fingerprint density at radius 3 is 2.85 bits per heavy atom. The van der Waals surface area contributed by atoms with Gasteiger partial charge in [-0.2, -0.15) is 0 Å². The van der Waals surface area contributed by atoms with Gasteiger partial charge in [0.05, 0.1) is 28.8 Å². The molecule has 6 nitrogen and oxygen atoms in total. The Kier molecular flexibility index (Phi) is 6.22. The fourth-order valence-electron chi connectivity index (χ4n) is 2.89. The molecule has 2 aromatic heterocycles. The van der Waals surface area contributed by atoms with E-state index in [0.717, 1.165) is 49.0 Å². The van der Waals surface area contributed by atoms with E-state index in [9.17, 15) is 0 Å². The lowest BCUT2D eigenvalue weighted by Gasteiger charge is -2.12. The molecule has 138 valence electrons. The molecule has 0 saturated carbocycles. The number of benzene rings is 1. The van der Waals surface area contributed by atoms with Crippen molar-refractivity contribution in [1.82, 2.24) is 25.2 Å². The molecule has 0 atom stereocenters. The number of nitrogens with one attached hydrogen (secondary N) is 2. The number of aliphatic imine (C=N–C) groups is 1. The molecule has 0 saturated heterocycles. The summed E-state index contributed by atoms with van der Waals surface area (Å²) in [5, 5.41) is 6.73. The van der Waals surface area contributed by atoms with Crippen molar-refractivity contribution in [2.45, 2.75) is 40.3 Å². The van der Waals surface area contributed by atoms with Crippen LogP contribution in [0.4, 0.5) is 0 Å². The van der Waals surface area contributed by atoms with Gasteiger partial charge in [-0.05, 0) is 39.3 Å². The average molecular weight is 371 g/mol. The van der Waals surface area contributed by atoms with Crippen LogP contribution in [0.5, 0.6) is 0 Å². The SMILES string of the molecule is CCNC(=NCc1scnc1C)NCCCn1c(C)nc2ccccc21. The third-order valence-corrected chi connectivity index (χ3v) is 5.19.